The van der Waals surface area contributed by atoms with Gasteiger partial charge in [0.25, 0.3) is 5.91 Å². The number of H-pyrrole nitrogens is 1. The van der Waals surface area contributed by atoms with E-state index in [2.05, 4.69) is 24.1 Å². The number of amides is 1. The summed E-state index contributed by atoms with van der Waals surface area (Å²) in [5.74, 6) is 0.437. The van der Waals surface area contributed by atoms with Crippen molar-refractivity contribution in [1.82, 2.24) is 10.3 Å². The molecule has 0 aliphatic rings. The van der Waals surface area contributed by atoms with Gasteiger partial charge in [0, 0.05) is 30.5 Å². The van der Waals surface area contributed by atoms with E-state index in [0.717, 1.165) is 18.5 Å². The van der Waals surface area contributed by atoms with Gasteiger partial charge in [-0.05, 0) is 30.7 Å². The van der Waals surface area contributed by atoms with Crippen LogP contribution in [-0.4, -0.2) is 29.1 Å². The van der Waals surface area contributed by atoms with Gasteiger partial charge in [-0.15, -0.1) is 0 Å². The van der Waals surface area contributed by atoms with E-state index in [4.69, 9.17) is 5.11 Å². The standard InChI is InChI=1S/C16H26N2O3/c1-4-12(5-6-19)10-17-16(21)13-8-14(7-11(2)3)18-15(20)9-13/h8-9,11-12,19H,4-7,10H2,1-3H3,(H,17,21)(H,18,20). The minimum absolute atomic E-state index is 0.123. The summed E-state index contributed by atoms with van der Waals surface area (Å²) in [6.07, 6.45) is 2.30. The molecule has 0 bridgehead atoms. The van der Waals surface area contributed by atoms with Crippen molar-refractivity contribution in [1.29, 1.82) is 0 Å². The van der Waals surface area contributed by atoms with Crippen LogP contribution in [0.4, 0.5) is 0 Å². The van der Waals surface area contributed by atoms with Crippen molar-refractivity contribution < 1.29 is 9.90 Å². The van der Waals surface area contributed by atoms with E-state index in [1.54, 1.807) is 6.07 Å². The lowest BCUT2D eigenvalue weighted by Gasteiger charge is -2.14. The first kappa shape index (κ1) is 17.4. The highest BCUT2D eigenvalue weighted by Crippen LogP contribution is 2.08. The average molecular weight is 294 g/mol. The Hall–Kier alpha value is -1.62. The monoisotopic (exact) mass is 294 g/mol. The zero-order chi connectivity index (χ0) is 15.8. The van der Waals surface area contributed by atoms with E-state index in [1.165, 1.54) is 6.07 Å². The lowest BCUT2D eigenvalue weighted by Crippen LogP contribution is -2.30. The third-order valence-electron chi connectivity index (χ3n) is 3.46. The first-order chi connectivity index (χ1) is 9.96. The second kappa shape index (κ2) is 8.62. The minimum atomic E-state index is -0.249. The van der Waals surface area contributed by atoms with Gasteiger partial charge >= 0.3 is 0 Å². The Labute approximate surface area is 125 Å². The van der Waals surface area contributed by atoms with Crippen molar-refractivity contribution in [2.75, 3.05) is 13.2 Å². The van der Waals surface area contributed by atoms with Crippen LogP contribution < -0.4 is 10.9 Å². The summed E-state index contributed by atoms with van der Waals surface area (Å²) >= 11 is 0. The Morgan fingerprint density at radius 2 is 2.10 bits per heavy atom. The lowest BCUT2D eigenvalue weighted by atomic mass is 10.0. The Balaban J connectivity index is 2.73. The minimum Gasteiger partial charge on any atom is -0.396 e. The van der Waals surface area contributed by atoms with Crippen LogP contribution in [0.2, 0.25) is 0 Å². The van der Waals surface area contributed by atoms with Crippen LogP contribution in [0.25, 0.3) is 0 Å². The lowest BCUT2D eigenvalue weighted by molar-refractivity contribution is 0.0943. The van der Waals surface area contributed by atoms with Crippen molar-refractivity contribution in [3.63, 3.8) is 0 Å². The fourth-order valence-corrected chi connectivity index (χ4v) is 2.25. The molecule has 1 atom stereocenters. The molecule has 5 nitrogen and oxygen atoms in total. The van der Waals surface area contributed by atoms with Crippen LogP contribution in [0.15, 0.2) is 16.9 Å². The molecule has 1 unspecified atom stereocenters. The van der Waals surface area contributed by atoms with Crippen molar-refractivity contribution in [3.05, 3.63) is 33.7 Å². The molecule has 0 radical (unpaired) electrons. The Morgan fingerprint density at radius 1 is 1.38 bits per heavy atom. The summed E-state index contributed by atoms with van der Waals surface area (Å²) < 4.78 is 0. The van der Waals surface area contributed by atoms with E-state index >= 15 is 0 Å². The van der Waals surface area contributed by atoms with Crippen LogP contribution in [0.5, 0.6) is 0 Å². The molecule has 3 N–H and O–H groups in total. The number of aromatic nitrogens is 1. The molecule has 0 aliphatic heterocycles. The van der Waals surface area contributed by atoms with Gasteiger partial charge in [0.15, 0.2) is 0 Å². The quantitative estimate of drug-likeness (QED) is 0.682. The third kappa shape index (κ3) is 6.12. The fourth-order valence-electron chi connectivity index (χ4n) is 2.25. The van der Waals surface area contributed by atoms with E-state index in [9.17, 15) is 9.59 Å². The highest BCUT2D eigenvalue weighted by atomic mass is 16.3. The van der Waals surface area contributed by atoms with E-state index in [-0.39, 0.29) is 24.0 Å². The second-order valence-electron chi connectivity index (χ2n) is 5.85. The van der Waals surface area contributed by atoms with Crippen LogP contribution in [0.1, 0.15) is 49.7 Å². The molecule has 0 saturated carbocycles. The van der Waals surface area contributed by atoms with Crippen molar-refractivity contribution >= 4 is 5.91 Å². The smallest absolute Gasteiger partial charge is 0.251 e. The predicted octanol–water partition coefficient (Wildman–Crippen LogP) is 1.71. The van der Waals surface area contributed by atoms with Gasteiger partial charge in [-0.25, -0.2) is 0 Å². The number of carbonyl (C=O) groups is 1. The van der Waals surface area contributed by atoms with E-state index in [0.29, 0.717) is 24.4 Å². The highest BCUT2D eigenvalue weighted by molar-refractivity contribution is 5.94. The molecule has 0 aliphatic carbocycles. The first-order valence-electron chi connectivity index (χ1n) is 7.58. The Bertz CT molecular complexity index is 508. The molecule has 0 saturated heterocycles. The number of hydrogen-bond donors (Lipinski definition) is 3. The average Bonchev–Trinajstić information content (AvgIpc) is 2.41. The van der Waals surface area contributed by atoms with Gasteiger partial charge in [-0.3, -0.25) is 9.59 Å². The number of aromatic amines is 1. The molecule has 1 amide bonds. The molecule has 1 aromatic rings. The summed E-state index contributed by atoms with van der Waals surface area (Å²) in [4.78, 5) is 26.5. The number of nitrogens with one attached hydrogen (secondary N) is 2. The zero-order valence-electron chi connectivity index (χ0n) is 13.1. The largest absolute Gasteiger partial charge is 0.396 e. The van der Waals surface area contributed by atoms with Gasteiger partial charge in [0.05, 0.1) is 0 Å². The van der Waals surface area contributed by atoms with Crippen molar-refractivity contribution in [2.45, 2.75) is 40.0 Å². The summed E-state index contributed by atoms with van der Waals surface area (Å²) in [6, 6.07) is 3.07. The molecular weight excluding hydrogens is 268 g/mol. The molecule has 1 aromatic heterocycles. The van der Waals surface area contributed by atoms with Gasteiger partial charge in [-0.1, -0.05) is 27.2 Å². The number of pyridine rings is 1. The molecule has 0 aromatic carbocycles. The number of carbonyl (C=O) groups excluding carboxylic acids is 1. The summed E-state index contributed by atoms with van der Waals surface area (Å²) in [6.45, 7) is 6.79. The Kier molecular flexibility index (Phi) is 7.15. The molecule has 118 valence electrons. The molecule has 5 heteroatoms. The van der Waals surface area contributed by atoms with Gasteiger partial charge in [0.1, 0.15) is 0 Å². The molecule has 0 spiro atoms. The highest BCUT2D eigenvalue weighted by Gasteiger charge is 2.12. The number of rotatable bonds is 8. The summed E-state index contributed by atoms with van der Waals surface area (Å²) in [5, 5.41) is 11.8. The summed E-state index contributed by atoms with van der Waals surface area (Å²) in [7, 11) is 0. The fraction of sp³-hybridized carbons (Fsp3) is 0.625. The third-order valence-corrected chi connectivity index (χ3v) is 3.46. The Morgan fingerprint density at radius 3 is 2.67 bits per heavy atom. The molecule has 21 heavy (non-hydrogen) atoms. The van der Waals surface area contributed by atoms with Crippen LogP contribution in [-0.2, 0) is 6.42 Å². The maximum absolute atomic E-state index is 12.1. The van der Waals surface area contributed by atoms with Crippen molar-refractivity contribution in [2.24, 2.45) is 11.8 Å². The predicted molar refractivity (Wildman–Crippen MR) is 83.4 cm³/mol. The molecule has 1 heterocycles. The van der Waals surface area contributed by atoms with Crippen LogP contribution in [0.3, 0.4) is 0 Å². The topological polar surface area (TPSA) is 82.2 Å². The maximum atomic E-state index is 12.1. The normalized spacial score (nSPS) is 12.4. The molecule has 1 rings (SSSR count). The van der Waals surface area contributed by atoms with Gasteiger partial charge in [-0.2, -0.15) is 0 Å². The molecular formula is C16H26N2O3. The molecule has 0 fully saturated rings. The SMILES string of the molecule is CCC(CCO)CNC(=O)c1cc(CC(C)C)[nH]c(=O)c1. The van der Waals surface area contributed by atoms with E-state index < -0.39 is 0 Å². The number of aliphatic hydroxyl groups is 1. The van der Waals surface area contributed by atoms with Gasteiger partial charge in [0.2, 0.25) is 5.56 Å². The first-order valence-corrected chi connectivity index (χ1v) is 7.58. The van der Waals surface area contributed by atoms with Gasteiger partial charge < -0.3 is 15.4 Å². The zero-order valence-corrected chi connectivity index (χ0v) is 13.1. The van der Waals surface area contributed by atoms with Crippen LogP contribution >= 0.6 is 0 Å². The number of hydrogen-bond acceptors (Lipinski definition) is 3. The van der Waals surface area contributed by atoms with Crippen LogP contribution in [0, 0.1) is 11.8 Å². The summed E-state index contributed by atoms with van der Waals surface area (Å²) in [5.41, 5.74) is 0.930. The second-order valence-corrected chi connectivity index (χ2v) is 5.85. The number of aliphatic hydroxyl groups excluding tert-OH is 1. The van der Waals surface area contributed by atoms with Crippen molar-refractivity contribution in [3.8, 4) is 0 Å². The van der Waals surface area contributed by atoms with E-state index in [1.807, 2.05) is 6.92 Å². The maximum Gasteiger partial charge on any atom is 0.251 e.